The second-order valence-electron chi connectivity index (χ2n) is 3.70. The Morgan fingerprint density at radius 3 is 2.79 bits per heavy atom. The molecule has 0 N–H and O–H groups in total. The molecule has 2 saturated heterocycles. The lowest BCUT2D eigenvalue weighted by Gasteiger charge is -2.26. The minimum atomic E-state index is 0.405. The zero-order valence-corrected chi connectivity index (χ0v) is 9.72. The molecular formula is C9H10IN3O. The normalized spacial score (nSPS) is 29.9. The molecule has 1 aromatic rings. The second kappa shape index (κ2) is 3.30. The predicted octanol–water partition coefficient (Wildman–Crippen LogP) is 1.06. The van der Waals surface area contributed by atoms with Gasteiger partial charge in [-0.2, -0.15) is 0 Å². The van der Waals surface area contributed by atoms with Crippen LogP contribution in [0.3, 0.4) is 0 Å². The van der Waals surface area contributed by atoms with Gasteiger partial charge in [0.2, 0.25) is 5.95 Å². The topological polar surface area (TPSA) is 38.2 Å². The van der Waals surface area contributed by atoms with Crippen LogP contribution in [0.1, 0.15) is 6.42 Å². The molecule has 0 saturated carbocycles. The minimum absolute atomic E-state index is 0.405. The van der Waals surface area contributed by atoms with Crippen molar-refractivity contribution < 1.29 is 4.74 Å². The Hall–Kier alpha value is -0.430. The van der Waals surface area contributed by atoms with Gasteiger partial charge in [0.1, 0.15) is 0 Å². The number of anilines is 1. The molecule has 0 spiro atoms. The van der Waals surface area contributed by atoms with E-state index in [0.29, 0.717) is 12.1 Å². The summed E-state index contributed by atoms with van der Waals surface area (Å²) < 4.78 is 6.60. The third kappa shape index (κ3) is 1.38. The van der Waals surface area contributed by atoms with E-state index in [1.54, 1.807) is 0 Å². The summed E-state index contributed by atoms with van der Waals surface area (Å²) in [4.78, 5) is 10.9. The van der Waals surface area contributed by atoms with E-state index in [4.69, 9.17) is 4.74 Å². The van der Waals surface area contributed by atoms with Crippen molar-refractivity contribution in [3.05, 3.63) is 16.0 Å². The predicted molar refractivity (Wildman–Crippen MR) is 60.2 cm³/mol. The number of ether oxygens (including phenoxy) is 1. The molecular weight excluding hydrogens is 293 g/mol. The fourth-order valence-electron chi connectivity index (χ4n) is 2.10. The Balaban J connectivity index is 1.86. The standard InChI is InChI=1S/C9H10IN3O/c10-6-2-11-9(12-3-6)13-4-8-1-7(13)5-14-8/h2-3,7-8H,1,4-5H2. The molecule has 0 aliphatic carbocycles. The van der Waals surface area contributed by atoms with Gasteiger partial charge in [0.25, 0.3) is 0 Å². The summed E-state index contributed by atoms with van der Waals surface area (Å²) in [6.45, 7) is 1.78. The number of rotatable bonds is 1. The first-order valence-corrected chi connectivity index (χ1v) is 5.76. The van der Waals surface area contributed by atoms with Gasteiger partial charge in [0.15, 0.2) is 0 Å². The average Bonchev–Trinajstić information content (AvgIpc) is 2.80. The molecule has 5 heteroatoms. The van der Waals surface area contributed by atoms with Gasteiger partial charge in [0.05, 0.1) is 18.8 Å². The molecule has 0 amide bonds. The van der Waals surface area contributed by atoms with E-state index in [2.05, 4.69) is 37.5 Å². The van der Waals surface area contributed by atoms with Crippen molar-refractivity contribution >= 4 is 28.5 Å². The molecule has 2 unspecified atom stereocenters. The van der Waals surface area contributed by atoms with Gasteiger partial charge >= 0.3 is 0 Å². The molecule has 4 nitrogen and oxygen atoms in total. The van der Waals surface area contributed by atoms with Crippen LogP contribution in [-0.4, -0.2) is 35.3 Å². The molecule has 2 atom stereocenters. The second-order valence-corrected chi connectivity index (χ2v) is 4.94. The van der Waals surface area contributed by atoms with Gasteiger partial charge in [-0.15, -0.1) is 0 Å². The first-order valence-electron chi connectivity index (χ1n) is 4.69. The summed E-state index contributed by atoms with van der Waals surface area (Å²) >= 11 is 2.21. The molecule has 2 fully saturated rings. The summed E-state index contributed by atoms with van der Waals surface area (Å²) in [5.41, 5.74) is 0. The fraction of sp³-hybridized carbons (Fsp3) is 0.556. The van der Waals surface area contributed by atoms with Gasteiger partial charge in [0, 0.05) is 22.5 Å². The van der Waals surface area contributed by atoms with Crippen molar-refractivity contribution in [2.45, 2.75) is 18.6 Å². The summed E-state index contributed by atoms with van der Waals surface area (Å²) in [5, 5.41) is 0. The molecule has 1 aromatic heterocycles. The molecule has 3 heterocycles. The molecule has 0 radical (unpaired) electrons. The van der Waals surface area contributed by atoms with Crippen LogP contribution in [-0.2, 0) is 4.74 Å². The maximum Gasteiger partial charge on any atom is 0.225 e. The van der Waals surface area contributed by atoms with Gasteiger partial charge < -0.3 is 9.64 Å². The highest BCUT2D eigenvalue weighted by atomic mass is 127. The molecule has 2 aliphatic rings. The minimum Gasteiger partial charge on any atom is -0.374 e. The number of hydrogen-bond acceptors (Lipinski definition) is 4. The molecule has 2 aliphatic heterocycles. The van der Waals surface area contributed by atoms with E-state index in [1.165, 1.54) is 0 Å². The van der Waals surface area contributed by atoms with Crippen molar-refractivity contribution in [3.8, 4) is 0 Å². The fourth-order valence-corrected chi connectivity index (χ4v) is 2.38. The maximum atomic E-state index is 5.53. The molecule has 14 heavy (non-hydrogen) atoms. The average molecular weight is 303 g/mol. The van der Waals surface area contributed by atoms with Gasteiger partial charge in [-0.1, -0.05) is 0 Å². The highest BCUT2D eigenvalue weighted by Crippen LogP contribution is 2.30. The summed E-state index contributed by atoms with van der Waals surface area (Å²) in [6, 6.07) is 0.500. The quantitative estimate of drug-likeness (QED) is 0.727. The van der Waals surface area contributed by atoms with E-state index in [0.717, 1.165) is 29.1 Å². The van der Waals surface area contributed by atoms with Crippen LogP contribution >= 0.6 is 22.6 Å². The zero-order chi connectivity index (χ0) is 9.54. The first kappa shape index (κ1) is 8.84. The Labute approximate surface area is 95.8 Å². The number of nitrogens with zero attached hydrogens (tertiary/aromatic N) is 3. The largest absolute Gasteiger partial charge is 0.374 e. The smallest absolute Gasteiger partial charge is 0.225 e. The van der Waals surface area contributed by atoms with Crippen LogP contribution in [0.2, 0.25) is 0 Å². The van der Waals surface area contributed by atoms with Crippen molar-refractivity contribution in [1.29, 1.82) is 0 Å². The molecule has 3 rings (SSSR count). The first-order chi connectivity index (χ1) is 6.83. The lowest BCUT2D eigenvalue weighted by Crippen LogP contribution is -2.38. The van der Waals surface area contributed by atoms with Crippen molar-refractivity contribution in [2.75, 3.05) is 18.1 Å². The number of aromatic nitrogens is 2. The third-order valence-electron chi connectivity index (χ3n) is 2.76. The number of hydrogen-bond donors (Lipinski definition) is 0. The maximum absolute atomic E-state index is 5.53. The van der Waals surface area contributed by atoms with E-state index in [9.17, 15) is 0 Å². The van der Waals surface area contributed by atoms with Crippen LogP contribution < -0.4 is 4.90 Å². The highest BCUT2D eigenvalue weighted by Gasteiger charge is 2.40. The Morgan fingerprint density at radius 1 is 1.43 bits per heavy atom. The SMILES string of the molecule is Ic1cnc(N2CC3CC2CO3)nc1. The van der Waals surface area contributed by atoms with E-state index < -0.39 is 0 Å². The van der Waals surface area contributed by atoms with E-state index in [1.807, 2.05) is 12.4 Å². The zero-order valence-electron chi connectivity index (χ0n) is 7.56. The van der Waals surface area contributed by atoms with E-state index >= 15 is 0 Å². The van der Waals surface area contributed by atoms with Gasteiger partial charge in [-0.05, 0) is 29.0 Å². The van der Waals surface area contributed by atoms with Crippen LogP contribution in [0.4, 0.5) is 5.95 Å². The number of fused-ring (bicyclic) bond motifs is 2. The van der Waals surface area contributed by atoms with Gasteiger partial charge in [-0.25, -0.2) is 9.97 Å². The van der Waals surface area contributed by atoms with Gasteiger partial charge in [-0.3, -0.25) is 0 Å². The number of halogens is 1. The van der Waals surface area contributed by atoms with E-state index in [-0.39, 0.29) is 0 Å². The lowest BCUT2D eigenvalue weighted by atomic mass is 10.2. The van der Waals surface area contributed by atoms with Crippen LogP contribution in [0.25, 0.3) is 0 Å². The number of morpholine rings is 1. The summed E-state index contributed by atoms with van der Waals surface area (Å²) in [7, 11) is 0. The third-order valence-corrected chi connectivity index (χ3v) is 3.32. The molecule has 0 aromatic carbocycles. The Bertz CT molecular complexity index is 342. The summed E-state index contributed by atoms with van der Waals surface area (Å²) in [5.74, 6) is 0.848. The molecule has 74 valence electrons. The lowest BCUT2D eigenvalue weighted by molar-refractivity contribution is 0.0986. The summed E-state index contributed by atoms with van der Waals surface area (Å²) in [6.07, 6.45) is 5.25. The van der Waals surface area contributed by atoms with Crippen molar-refractivity contribution in [3.63, 3.8) is 0 Å². The Kier molecular flexibility index (Phi) is 2.09. The van der Waals surface area contributed by atoms with Crippen LogP contribution in [0, 0.1) is 3.57 Å². The monoisotopic (exact) mass is 303 g/mol. The Morgan fingerprint density at radius 2 is 2.21 bits per heavy atom. The van der Waals surface area contributed by atoms with Crippen LogP contribution in [0.15, 0.2) is 12.4 Å². The molecule has 2 bridgehead atoms. The van der Waals surface area contributed by atoms with Crippen LogP contribution in [0.5, 0.6) is 0 Å². The van der Waals surface area contributed by atoms with Crippen molar-refractivity contribution in [1.82, 2.24) is 9.97 Å². The van der Waals surface area contributed by atoms with Crippen molar-refractivity contribution in [2.24, 2.45) is 0 Å². The highest BCUT2D eigenvalue weighted by molar-refractivity contribution is 14.1.